The Morgan fingerprint density at radius 2 is 1.85 bits per heavy atom. The maximum absolute atomic E-state index is 12.3. The molecular formula is C20H17ClN2O2S. The van der Waals surface area contributed by atoms with Gasteiger partial charge in [0, 0.05) is 28.0 Å². The molecule has 1 aromatic heterocycles. The number of benzene rings is 2. The van der Waals surface area contributed by atoms with E-state index in [1.165, 1.54) is 24.3 Å². The van der Waals surface area contributed by atoms with E-state index in [0.29, 0.717) is 16.4 Å². The third-order valence-corrected chi connectivity index (χ3v) is 5.34. The molecule has 0 aliphatic carbocycles. The highest BCUT2D eigenvalue weighted by atomic mass is 35.5. The van der Waals surface area contributed by atoms with Crippen molar-refractivity contribution in [2.45, 2.75) is 13.8 Å². The number of carbonyl (C=O) groups is 2. The molecule has 132 valence electrons. The van der Waals surface area contributed by atoms with Gasteiger partial charge in [-0.25, -0.2) is 0 Å². The maximum atomic E-state index is 12.3. The van der Waals surface area contributed by atoms with Gasteiger partial charge in [-0.3, -0.25) is 9.59 Å². The topological polar surface area (TPSA) is 58.2 Å². The van der Waals surface area contributed by atoms with Crippen LogP contribution >= 0.6 is 22.9 Å². The summed E-state index contributed by atoms with van der Waals surface area (Å²) in [4.78, 5) is 24.5. The summed E-state index contributed by atoms with van der Waals surface area (Å²) >= 11 is 7.91. The van der Waals surface area contributed by atoms with E-state index in [2.05, 4.69) is 10.6 Å². The molecule has 0 saturated heterocycles. The van der Waals surface area contributed by atoms with Gasteiger partial charge < -0.3 is 10.6 Å². The molecule has 0 aliphatic heterocycles. The summed E-state index contributed by atoms with van der Waals surface area (Å²) in [7, 11) is 0. The fraction of sp³-hybridized carbons (Fsp3) is 0.100. The largest absolute Gasteiger partial charge is 0.325 e. The predicted molar refractivity (Wildman–Crippen MR) is 110 cm³/mol. The van der Waals surface area contributed by atoms with Crippen molar-refractivity contribution in [1.29, 1.82) is 0 Å². The number of amides is 2. The normalized spacial score (nSPS) is 11.0. The first-order valence-electron chi connectivity index (χ1n) is 7.98. The van der Waals surface area contributed by atoms with E-state index in [-0.39, 0.29) is 11.8 Å². The highest BCUT2D eigenvalue weighted by Crippen LogP contribution is 2.36. The van der Waals surface area contributed by atoms with Crippen LogP contribution in [0.25, 0.3) is 16.2 Å². The van der Waals surface area contributed by atoms with Crippen molar-refractivity contribution >= 4 is 62.3 Å². The molecule has 3 aromatic rings. The minimum Gasteiger partial charge on any atom is -0.325 e. The van der Waals surface area contributed by atoms with Crippen molar-refractivity contribution < 1.29 is 9.59 Å². The zero-order valence-corrected chi connectivity index (χ0v) is 15.9. The first-order chi connectivity index (χ1) is 12.4. The van der Waals surface area contributed by atoms with Crippen LogP contribution in [0.4, 0.5) is 11.4 Å². The molecule has 6 heteroatoms. The standard InChI is InChI=1S/C20H17ClN2O2S/c1-12-7-8-15(22-13(2)24)16(11-12)23-19(25)10-9-18-20(21)14-5-3-4-6-17(14)26-18/h3-11H,1-2H3,(H,22,24)(H,23,25)/b10-9+. The molecule has 3 rings (SSSR count). The fourth-order valence-corrected chi connectivity index (χ4v) is 3.92. The van der Waals surface area contributed by atoms with Crippen LogP contribution < -0.4 is 10.6 Å². The van der Waals surface area contributed by atoms with Gasteiger partial charge in [-0.1, -0.05) is 35.9 Å². The molecule has 2 amide bonds. The summed E-state index contributed by atoms with van der Waals surface area (Å²) in [6.45, 7) is 3.34. The summed E-state index contributed by atoms with van der Waals surface area (Å²) < 4.78 is 1.07. The lowest BCUT2D eigenvalue weighted by Gasteiger charge is -2.11. The van der Waals surface area contributed by atoms with Crippen molar-refractivity contribution in [3.05, 3.63) is 64.0 Å². The molecular weight excluding hydrogens is 368 g/mol. The van der Waals surface area contributed by atoms with Crippen molar-refractivity contribution in [3.63, 3.8) is 0 Å². The van der Waals surface area contributed by atoms with Gasteiger partial charge in [0.25, 0.3) is 0 Å². The Balaban J connectivity index is 1.80. The smallest absolute Gasteiger partial charge is 0.248 e. The third kappa shape index (κ3) is 4.12. The van der Waals surface area contributed by atoms with Gasteiger partial charge in [0.05, 0.1) is 16.4 Å². The molecule has 4 nitrogen and oxygen atoms in total. The minimum absolute atomic E-state index is 0.197. The number of hydrogen-bond acceptors (Lipinski definition) is 3. The maximum Gasteiger partial charge on any atom is 0.248 e. The van der Waals surface area contributed by atoms with Crippen LogP contribution in [0.2, 0.25) is 5.02 Å². The van der Waals surface area contributed by atoms with E-state index in [1.807, 2.05) is 43.3 Å². The van der Waals surface area contributed by atoms with E-state index >= 15 is 0 Å². The number of fused-ring (bicyclic) bond motifs is 1. The Hall–Kier alpha value is -2.63. The average Bonchev–Trinajstić information content (AvgIpc) is 2.92. The van der Waals surface area contributed by atoms with E-state index < -0.39 is 0 Å². The summed E-state index contributed by atoms with van der Waals surface area (Å²) in [5, 5.41) is 7.13. The number of aryl methyl sites for hydroxylation is 1. The first kappa shape index (κ1) is 18.2. The van der Waals surface area contributed by atoms with Crippen LogP contribution in [0.3, 0.4) is 0 Å². The Morgan fingerprint density at radius 1 is 1.08 bits per heavy atom. The Labute approximate surface area is 160 Å². The molecule has 0 atom stereocenters. The summed E-state index contributed by atoms with van der Waals surface area (Å²) in [5.74, 6) is -0.493. The molecule has 2 aromatic carbocycles. The Morgan fingerprint density at radius 3 is 2.58 bits per heavy atom. The summed E-state index contributed by atoms with van der Waals surface area (Å²) in [6, 6.07) is 13.3. The van der Waals surface area contributed by atoms with Crippen molar-refractivity contribution in [3.8, 4) is 0 Å². The second-order valence-electron chi connectivity index (χ2n) is 5.83. The van der Waals surface area contributed by atoms with Crippen LogP contribution in [0, 0.1) is 6.92 Å². The van der Waals surface area contributed by atoms with Gasteiger partial charge in [0.1, 0.15) is 0 Å². The SMILES string of the molecule is CC(=O)Nc1ccc(C)cc1NC(=O)/C=C/c1sc2ccccc2c1Cl. The second-order valence-corrected chi connectivity index (χ2v) is 7.29. The molecule has 0 saturated carbocycles. The first-order valence-corrected chi connectivity index (χ1v) is 9.18. The zero-order chi connectivity index (χ0) is 18.7. The van der Waals surface area contributed by atoms with E-state index in [4.69, 9.17) is 11.6 Å². The highest BCUT2D eigenvalue weighted by Gasteiger charge is 2.09. The van der Waals surface area contributed by atoms with Crippen molar-refractivity contribution in [2.24, 2.45) is 0 Å². The number of halogens is 1. The van der Waals surface area contributed by atoms with Gasteiger partial charge in [0.15, 0.2) is 0 Å². The lowest BCUT2D eigenvalue weighted by molar-refractivity contribution is -0.114. The molecule has 0 spiro atoms. The van der Waals surface area contributed by atoms with Crippen LogP contribution in [0.5, 0.6) is 0 Å². The van der Waals surface area contributed by atoms with Crippen molar-refractivity contribution in [1.82, 2.24) is 0 Å². The van der Waals surface area contributed by atoms with Crippen LogP contribution in [0.1, 0.15) is 17.4 Å². The van der Waals surface area contributed by atoms with Gasteiger partial charge in [-0.05, 0) is 36.8 Å². The minimum atomic E-state index is -0.296. The lowest BCUT2D eigenvalue weighted by Crippen LogP contribution is -2.13. The van der Waals surface area contributed by atoms with Crippen LogP contribution in [0.15, 0.2) is 48.5 Å². The van der Waals surface area contributed by atoms with E-state index in [1.54, 1.807) is 12.1 Å². The molecule has 0 bridgehead atoms. The molecule has 2 N–H and O–H groups in total. The monoisotopic (exact) mass is 384 g/mol. The molecule has 0 fully saturated rings. The summed E-state index contributed by atoms with van der Waals surface area (Å²) in [5.41, 5.74) is 2.09. The molecule has 0 radical (unpaired) electrons. The zero-order valence-electron chi connectivity index (χ0n) is 14.3. The number of nitrogens with one attached hydrogen (secondary N) is 2. The quantitative estimate of drug-likeness (QED) is 0.585. The third-order valence-electron chi connectivity index (χ3n) is 3.69. The number of carbonyl (C=O) groups excluding carboxylic acids is 2. The predicted octanol–water partition coefficient (Wildman–Crippen LogP) is 5.47. The van der Waals surface area contributed by atoms with Gasteiger partial charge in [-0.15, -0.1) is 11.3 Å². The average molecular weight is 385 g/mol. The Bertz CT molecular complexity index is 1020. The number of hydrogen-bond donors (Lipinski definition) is 2. The number of anilines is 2. The number of thiophene rings is 1. The van der Waals surface area contributed by atoms with Crippen molar-refractivity contribution in [2.75, 3.05) is 10.6 Å². The lowest BCUT2D eigenvalue weighted by atomic mass is 10.2. The number of rotatable bonds is 4. The van der Waals surface area contributed by atoms with E-state index in [9.17, 15) is 9.59 Å². The van der Waals surface area contributed by atoms with Gasteiger partial charge in [-0.2, -0.15) is 0 Å². The van der Waals surface area contributed by atoms with Gasteiger partial charge in [0.2, 0.25) is 11.8 Å². The fourth-order valence-electron chi connectivity index (χ4n) is 2.53. The molecule has 1 heterocycles. The van der Waals surface area contributed by atoms with E-state index in [0.717, 1.165) is 20.5 Å². The van der Waals surface area contributed by atoms with Crippen LogP contribution in [-0.2, 0) is 9.59 Å². The molecule has 0 aliphatic rings. The molecule has 26 heavy (non-hydrogen) atoms. The molecule has 0 unspecified atom stereocenters. The summed E-state index contributed by atoms with van der Waals surface area (Å²) in [6.07, 6.45) is 3.15. The van der Waals surface area contributed by atoms with Gasteiger partial charge >= 0.3 is 0 Å². The second kappa shape index (κ2) is 7.72. The highest BCUT2D eigenvalue weighted by molar-refractivity contribution is 7.20. The van der Waals surface area contributed by atoms with Crippen LogP contribution in [-0.4, -0.2) is 11.8 Å². The Kier molecular flexibility index (Phi) is 5.40.